The fourth-order valence-corrected chi connectivity index (χ4v) is 1.48. The molecule has 2 rings (SSSR count). The Labute approximate surface area is 75.3 Å². The van der Waals surface area contributed by atoms with Crippen LogP contribution in [0.5, 0.6) is 0 Å². The SMILES string of the molecule is CC1(c2cc(F)cc(F)c2)COC1. The maximum atomic E-state index is 12.8. The van der Waals surface area contributed by atoms with Gasteiger partial charge in [-0.2, -0.15) is 0 Å². The Morgan fingerprint density at radius 1 is 1.15 bits per heavy atom. The molecular weight excluding hydrogens is 174 g/mol. The van der Waals surface area contributed by atoms with Gasteiger partial charge in [0.15, 0.2) is 0 Å². The molecule has 0 N–H and O–H groups in total. The fourth-order valence-electron chi connectivity index (χ4n) is 1.48. The minimum atomic E-state index is -0.525. The zero-order chi connectivity index (χ0) is 9.47. The molecule has 0 spiro atoms. The highest BCUT2D eigenvalue weighted by atomic mass is 19.1. The van der Waals surface area contributed by atoms with Crippen molar-refractivity contribution in [3.8, 4) is 0 Å². The van der Waals surface area contributed by atoms with Gasteiger partial charge in [0.2, 0.25) is 0 Å². The zero-order valence-corrected chi connectivity index (χ0v) is 7.31. The molecule has 1 aliphatic rings. The van der Waals surface area contributed by atoms with E-state index in [1.54, 1.807) is 0 Å². The Balaban J connectivity index is 2.39. The molecule has 3 heteroatoms. The van der Waals surface area contributed by atoms with Gasteiger partial charge in [-0.05, 0) is 17.7 Å². The lowest BCUT2D eigenvalue weighted by molar-refractivity contribution is -0.0502. The molecule has 1 heterocycles. The highest BCUT2D eigenvalue weighted by Gasteiger charge is 2.35. The van der Waals surface area contributed by atoms with Crippen molar-refractivity contribution >= 4 is 0 Å². The van der Waals surface area contributed by atoms with Gasteiger partial charge < -0.3 is 4.74 Å². The zero-order valence-electron chi connectivity index (χ0n) is 7.31. The van der Waals surface area contributed by atoms with Crippen LogP contribution in [0.3, 0.4) is 0 Å². The Morgan fingerprint density at radius 2 is 1.69 bits per heavy atom. The van der Waals surface area contributed by atoms with Crippen molar-refractivity contribution in [1.29, 1.82) is 0 Å². The van der Waals surface area contributed by atoms with E-state index in [0.29, 0.717) is 18.8 Å². The second-order valence-corrected chi connectivity index (χ2v) is 3.71. The van der Waals surface area contributed by atoms with E-state index < -0.39 is 11.6 Å². The smallest absolute Gasteiger partial charge is 0.126 e. The van der Waals surface area contributed by atoms with Gasteiger partial charge >= 0.3 is 0 Å². The van der Waals surface area contributed by atoms with Crippen LogP contribution in [0, 0.1) is 11.6 Å². The van der Waals surface area contributed by atoms with Crippen LogP contribution in [0.4, 0.5) is 8.78 Å². The number of halogens is 2. The van der Waals surface area contributed by atoms with E-state index in [1.807, 2.05) is 6.92 Å². The molecule has 70 valence electrons. The standard InChI is InChI=1S/C10H10F2O/c1-10(5-13-6-10)7-2-8(11)4-9(12)3-7/h2-4H,5-6H2,1H3. The Bertz CT molecular complexity index is 311. The van der Waals surface area contributed by atoms with E-state index >= 15 is 0 Å². The summed E-state index contributed by atoms with van der Waals surface area (Å²) in [5, 5.41) is 0. The van der Waals surface area contributed by atoms with Gasteiger partial charge in [0.1, 0.15) is 11.6 Å². The number of rotatable bonds is 1. The van der Waals surface area contributed by atoms with Crippen LogP contribution in [0.25, 0.3) is 0 Å². The van der Waals surface area contributed by atoms with Crippen LogP contribution < -0.4 is 0 Å². The third-order valence-corrected chi connectivity index (χ3v) is 2.40. The molecule has 1 aromatic rings. The van der Waals surface area contributed by atoms with Gasteiger partial charge in [0.25, 0.3) is 0 Å². The molecule has 1 aromatic carbocycles. The van der Waals surface area contributed by atoms with Gasteiger partial charge in [0, 0.05) is 11.5 Å². The third kappa shape index (κ3) is 1.44. The van der Waals surface area contributed by atoms with Crippen LogP contribution >= 0.6 is 0 Å². The van der Waals surface area contributed by atoms with Gasteiger partial charge in [-0.3, -0.25) is 0 Å². The summed E-state index contributed by atoms with van der Waals surface area (Å²) in [4.78, 5) is 0. The monoisotopic (exact) mass is 184 g/mol. The molecule has 13 heavy (non-hydrogen) atoms. The van der Waals surface area contributed by atoms with Gasteiger partial charge in [-0.1, -0.05) is 6.92 Å². The first kappa shape index (κ1) is 8.63. The normalized spacial score (nSPS) is 19.6. The molecule has 0 atom stereocenters. The maximum Gasteiger partial charge on any atom is 0.126 e. The molecule has 0 saturated carbocycles. The van der Waals surface area contributed by atoms with Crippen molar-refractivity contribution in [3.63, 3.8) is 0 Å². The van der Waals surface area contributed by atoms with E-state index in [2.05, 4.69) is 0 Å². The predicted molar refractivity (Wildman–Crippen MR) is 44.5 cm³/mol. The van der Waals surface area contributed by atoms with E-state index in [1.165, 1.54) is 12.1 Å². The maximum absolute atomic E-state index is 12.8. The highest BCUT2D eigenvalue weighted by molar-refractivity contribution is 5.28. The van der Waals surface area contributed by atoms with Crippen molar-refractivity contribution < 1.29 is 13.5 Å². The topological polar surface area (TPSA) is 9.23 Å². The number of benzene rings is 1. The summed E-state index contributed by atoms with van der Waals surface area (Å²) < 4.78 is 30.7. The Hall–Kier alpha value is -0.960. The van der Waals surface area contributed by atoms with Crippen LogP contribution in [0.15, 0.2) is 18.2 Å². The summed E-state index contributed by atoms with van der Waals surface area (Å²) in [7, 11) is 0. The molecule has 1 nitrogen and oxygen atoms in total. The van der Waals surface area contributed by atoms with Crippen LogP contribution in [0.2, 0.25) is 0 Å². The first-order valence-electron chi connectivity index (χ1n) is 4.14. The minimum Gasteiger partial charge on any atom is -0.379 e. The third-order valence-electron chi connectivity index (χ3n) is 2.40. The van der Waals surface area contributed by atoms with E-state index in [4.69, 9.17) is 4.74 Å². The first-order valence-corrected chi connectivity index (χ1v) is 4.14. The van der Waals surface area contributed by atoms with Gasteiger partial charge in [-0.15, -0.1) is 0 Å². The summed E-state index contributed by atoms with van der Waals surface area (Å²) in [6.45, 7) is 3.01. The largest absolute Gasteiger partial charge is 0.379 e. The van der Waals surface area contributed by atoms with E-state index in [9.17, 15) is 8.78 Å². The molecule has 0 radical (unpaired) electrons. The molecule has 0 aromatic heterocycles. The minimum absolute atomic E-state index is 0.205. The van der Waals surface area contributed by atoms with Crippen molar-refractivity contribution in [1.82, 2.24) is 0 Å². The molecule has 1 saturated heterocycles. The van der Waals surface area contributed by atoms with Gasteiger partial charge in [0.05, 0.1) is 13.2 Å². The summed E-state index contributed by atoms with van der Waals surface area (Å²) in [5.41, 5.74) is 0.472. The summed E-state index contributed by atoms with van der Waals surface area (Å²) in [6.07, 6.45) is 0. The van der Waals surface area contributed by atoms with E-state index in [0.717, 1.165) is 6.07 Å². The van der Waals surface area contributed by atoms with Crippen molar-refractivity contribution in [2.45, 2.75) is 12.3 Å². The van der Waals surface area contributed by atoms with Crippen LogP contribution in [-0.4, -0.2) is 13.2 Å². The van der Waals surface area contributed by atoms with Crippen molar-refractivity contribution in [2.75, 3.05) is 13.2 Å². The number of ether oxygens (including phenoxy) is 1. The molecule has 1 fully saturated rings. The second kappa shape index (κ2) is 2.77. The number of hydrogen-bond acceptors (Lipinski definition) is 1. The average Bonchev–Trinajstić information content (AvgIpc) is 1.98. The molecule has 0 amide bonds. The second-order valence-electron chi connectivity index (χ2n) is 3.71. The van der Waals surface area contributed by atoms with Crippen LogP contribution in [-0.2, 0) is 10.2 Å². The Morgan fingerprint density at radius 3 is 2.08 bits per heavy atom. The van der Waals surface area contributed by atoms with Crippen molar-refractivity contribution in [3.05, 3.63) is 35.4 Å². The lowest BCUT2D eigenvalue weighted by Gasteiger charge is -2.38. The quantitative estimate of drug-likeness (QED) is 0.650. The Kier molecular flexibility index (Phi) is 1.84. The number of hydrogen-bond donors (Lipinski definition) is 0. The fraction of sp³-hybridized carbons (Fsp3) is 0.400. The molecule has 0 bridgehead atoms. The van der Waals surface area contributed by atoms with Gasteiger partial charge in [-0.25, -0.2) is 8.78 Å². The molecule has 1 aliphatic heterocycles. The molecule has 0 unspecified atom stereocenters. The van der Waals surface area contributed by atoms with Crippen molar-refractivity contribution in [2.24, 2.45) is 0 Å². The predicted octanol–water partition coefficient (Wildman–Crippen LogP) is 2.25. The van der Waals surface area contributed by atoms with E-state index in [-0.39, 0.29) is 5.41 Å². The summed E-state index contributed by atoms with van der Waals surface area (Å²) in [6, 6.07) is 3.61. The lowest BCUT2D eigenvalue weighted by Crippen LogP contribution is -2.43. The highest BCUT2D eigenvalue weighted by Crippen LogP contribution is 2.32. The molecule has 0 aliphatic carbocycles. The average molecular weight is 184 g/mol. The molecular formula is C10H10F2O. The summed E-state index contributed by atoms with van der Waals surface area (Å²) in [5.74, 6) is -1.05. The van der Waals surface area contributed by atoms with Crippen LogP contribution in [0.1, 0.15) is 12.5 Å². The first-order chi connectivity index (χ1) is 6.10. The summed E-state index contributed by atoms with van der Waals surface area (Å²) >= 11 is 0. The lowest BCUT2D eigenvalue weighted by atomic mass is 9.81.